The molecule has 1 amide bonds. The molecule has 3 rings (SSSR count). The zero-order valence-electron chi connectivity index (χ0n) is 15.8. The van der Waals surface area contributed by atoms with Crippen LogP contribution in [0.2, 0.25) is 0 Å². The van der Waals surface area contributed by atoms with Gasteiger partial charge in [-0.3, -0.25) is 4.79 Å². The number of thioether (sulfide) groups is 1. The van der Waals surface area contributed by atoms with Crippen molar-refractivity contribution in [3.05, 3.63) is 59.7 Å². The lowest BCUT2D eigenvalue weighted by molar-refractivity contribution is -0.117. The highest BCUT2D eigenvalue weighted by molar-refractivity contribution is 8.02. The fourth-order valence-electron chi connectivity index (χ4n) is 2.56. The Morgan fingerprint density at radius 2 is 1.85 bits per heavy atom. The molecule has 0 saturated heterocycles. The minimum atomic E-state index is -0.253. The van der Waals surface area contributed by atoms with Crippen molar-refractivity contribution in [1.82, 2.24) is 10.2 Å². The number of benzene rings is 2. The highest BCUT2D eigenvalue weighted by atomic mass is 32.2. The van der Waals surface area contributed by atoms with Crippen molar-refractivity contribution < 1.29 is 4.79 Å². The standard InChI is InChI=1S/C20H22N4OS2/c1-13-9-8-12-17(14(13)2)21-19-22-23-20(27-19)26-15(3)18(25)24(4)16-10-6-5-7-11-16/h5-12,15H,1-4H3,(H,21,22)/t15-/m1/s1. The quantitative estimate of drug-likeness (QED) is 0.589. The van der Waals surface area contributed by atoms with E-state index in [4.69, 9.17) is 0 Å². The molecule has 0 fully saturated rings. The number of para-hydroxylation sites is 1. The van der Waals surface area contributed by atoms with Gasteiger partial charge in [-0.2, -0.15) is 0 Å². The second kappa shape index (κ2) is 8.54. The third-order valence-corrected chi connectivity index (χ3v) is 6.36. The van der Waals surface area contributed by atoms with Gasteiger partial charge < -0.3 is 10.2 Å². The predicted octanol–water partition coefficient (Wildman–Crippen LogP) is 5.04. The van der Waals surface area contributed by atoms with E-state index in [9.17, 15) is 4.79 Å². The molecule has 0 radical (unpaired) electrons. The molecular formula is C20H22N4OS2. The number of hydrogen-bond acceptors (Lipinski definition) is 6. The molecule has 3 aromatic rings. The van der Waals surface area contributed by atoms with Crippen molar-refractivity contribution in [2.45, 2.75) is 30.4 Å². The van der Waals surface area contributed by atoms with Crippen molar-refractivity contribution >= 4 is 45.5 Å². The summed E-state index contributed by atoms with van der Waals surface area (Å²) < 4.78 is 0.769. The number of aromatic nitrogens is 2. The van der Waals surface area contributed by atoms with Gasteiger partial charge in [0.1, 0.15) is 0 Å². The third kappa shape index (κ3) is 4.67. The van der Waals surface area contributed by atoms with Crippen LogP contribution in [0.25, 0.3) is 0 Å². The number of nitrogens with one attached hydrogen (secondary N) is 1. The molecule has 1 aromatic heterocycles. The Labute approximate surface area is 167 Å². The smallest absolute Gasteiger partial charge is 0.240 e. The Bertz CT molecular complexity index is 927. The molecule has 0 spiro atoms. The lowest BCUT2D eigenvalue weighted by atomic mass is 10.1. The number of carbonyl (C=O) groups is 1. The topological polar surface area (TPSA) is 58.1 Å². The van der Waals surface area contributed by atoms with Crippen molar-refractivity contribution in [2.75, 3.05) is 17.3 Å². The Balaban J connectivity index is 1.65. The van der Waals surface area contributed by atoms with Gasteiger partial charge >= 0.3 is 0 Å². The molecule has 1 atom stereocenters. The van der Waals surface area contributed by atoms with Crippen LogP contribution in [-0.2, 0) is 4.79 Å². The molecule has 0 saturated carbocycles. The molecule has 0 aliphatic rings. The Hall–Kier alpha value is -2.38. The summed E-state index contributed by atoms with van der Waals surface area (Å²) >= 11 is 2.88. The van der Waals surface area contributed by atoms with Crippen LogP contribution in [0.3, 0.4) is 0 Å². The Morgan fingerprint density at radius 1 is 1.11 bits per heavy atom. The van der Waals surface area contributed by atoms with Crippen LogP contribution in [-0.4, -0.2) is 28.4 Å². The monoisotopic (exact) mass is 398 g/mol. The van der Waals surface area contributed by atoms with Gasteiger partial charge in [-0.25, -0.2) is 0 Å². The van der Waals surface area contributed by atoms with E-state index in [1.165, 1.54) is 34.2 Å². The van der Waals surface area contributed by atoms with Crippen molar-refractivity contribution in [2.24, 2.45) is 0 Å². The summed E-state index contributed by atoms with van der Waals surface area (Å²) in [6, 6.07) is 15.8. The lowest BCUT2D eigenvalue weighted by Gasteiger charge is -2.20. The van der Waals surface area contributed by atoms with E-state index in [2.05, 4.69) is 35.4 Å². The molecule has 1 N–H and O–H groups in total. The van der Waals surface area contributed by atoms with E-state index in [1.807, 2.05) is 49.4 Å². The maximum atomic E-state index is 12.7. The minimum Gasteiger partial charge on any atom is -0.330 e. The Morgan fingerprint density at radius 3 is 2.59 bits per heavy atom. The second-order valence-electron chi connectivity index (χ2n) is 6.24. The molecule has 0 aliphatic carbocycles. The van der Waals surface area contributed by atoms with E-state index in [0.717, 1.165) is 20.8 Å². The molecule has 7 heteroatoms. The van der Waals surface area contributed by atoms with Gasteiger partial charge in [0.15, 0.2) is 4.34 Å². The van der Waals surface area contributed by atoms with Crippen molar-refractivity contribution in [3.63, 3.8) is 0 Å². The first-order valence-electron chi connectivity index (χ1n) is 8.61. The SMILES string of the molecule is Cc1cccc(Nc2nnc(S[C@H](C)C(=O)N(C)c3ccccc3)s2)c1C. The van der Waals surface area contributed by atoms with Gasteiger partial charge in [-0.15, -0.1) is 10.2 Å². The molecular weight excluding hydrogens is 376 g/mol. The third-order valence-electron chi connectivity index (χ3n) is 4.35. The number of nitrogens with zero attached hydrogens (tertiary/aromatic N) is 3. The summed E-state index contributed by atoms with van der Waals surface area (Å²) in [7, 11) is 1.79. The zero-order valence-corrected chi connectivity index (χ0v) is 17.4. The fourth-order valence-corrected chi connectivity index (χ4v) is 4.56. The zero-order chi connectivity index (χ0) is 19.4. The van der Waals surface area contributed by atoms with E-state index in [-0.39, 0.29) is 11.2 Å². The van der Waals surface area contributed by atoms with E-state index < -0.39 is 0 Å². The van der Waals surface area contributed by atoms with Gasteiger partial charge in [-0.05, 0) is 50.1 Å². The van der Waals surface area contributed by atoms with Gasteiger partial charge in [0, 0.05) is 18.4 Å². The van der Waals surface area contributed by atoms with Crippen LogP contribution < -0.4 is 10.2 Å². The maximum Gasteiger partial charge on any atom is 0.240 e. The number of aryl methyl sites for hydroxylation is 1. The van der Waals surface area contributed by atoms with Crippen LogP contribution in [0.15, 0.2) is 52.9 Å². The molecule has 140 valence electrons. The van der Waals surface area contributed by atoms with Gasteiger partial charge in [0.05, 0.1) is 5.25 Å². The van der Waals surface area contributed by atoms with E-state index >= 15 is 0 Å². The molecule has 0 aliphatic heterocycles. The van der Waals surface area contributed by atoms with Gasteiger partial charge in [-0.1, -0.05) is 53.4 Å². The Kier molecular flexibility index (Phi) is 6.13. The number of hydrogen-bond donors (Lipinski definition) is 1. The number of rotatable bonds is 6. The first kappa shape index (κ1) is 19.4. The maximum absolute atomic E-state index is 12.7. The van der Waals surface area contributed by atoms with Crippen LogP contribution in [0.5, 0.6) is 0 Å². The summed E-state index contributed by atoms with van der Waals surface area (Å²) in [6.45, 7) is 6.05. The molecule has 0 bridgehead atoms. The summed E-state index contributed by atoms with van der Waals surface area (Å²) in [6.07, 6.45) is 0. The highest BCUT2D eigenvalue weighted by Gasteiger charge is 2.21. The summed E-state index contributed by atoms with van der Waals surface area (Å²) in [4.78, 5) is 14.3. The molecule has 2 aromatic carbocycles. The first-order valence-corrected chi connectivity index (χ1v) is 10.3. The van der Waals surface area contributed by atoms with Crippen LogP contribution in [0.1, 0.15) is 18.1 Å². The van der Waals surface area contributed by atoms with Crippen LogP contribution >= 0.6 is 23.1 Å². The number of carbonyl (C=O) groups excluding carboxylic acids is 1. The summed E-state index contributed by atoms with van der Waals surface area (Å²) in [5.41, 5.74) is 4.32. The van der Waals surface area contributed by atoms with E-state index in [1.54, 1.807) is 11.9 Å². The second-order valence-corrected chi connectivity index (χ2v) is 8.80. The van der Waals surface area contributed by atoms with Crippen molar-refractivity contribution in [1.29, 1.82) is 0 Å². The number of anilines is 3. The first-order chi connectivity index (χ1) is 13.0. The molecule has 27 heavy (non-hydrogen) atoms. The van der Waals surface area contributed by atoms with Gasteiger partial charge in [0.25, 0.3) is 0 Å². The van der Waals surface area contributed by atoms with E-state index in [0.29, 0.717) is 0 Å². The fraction of sp³-hybridized carbons (Fsp3) is 0.250. The predicted molar refractivity (Wildman–Crippen MR) is 114 cm³/mol. The number of amides is 1. The summed E-state index contributed by atoms with van der Waals surface area (Å²) in [5, 5.41) is 12.2. The van der Waals surface area contributed by atoms with Crippen molar-refractivity contribution in [3.8, 4) is 0 Å². The normalized spacial score (nSPS) is 11.9. The minimum absolute atomic E-state index is 0.0328. The average molecular weight is 399 g/mol. The summed E-state index contributed by atoms with van der Waals surface area (Å²) in [5.74, 6) is 0.0328. The highest BCUT2D eigenvalue weighted by Crippen LogP contribution is 2.32. The average Bonchev–Trinajstić information content (AvgIpc) is 3.11. The lowest BCUT2D eigenvalue weighted by Crippen LogP contribution is -2.33. The largest absolute Gasteiger partial charge is 0.330 e. The van der Waals surface area contributed by atoms with Crippen LogP contribution in [0, 0.1) is 13.8 Å². The molecule has 5 nitrogen and oxygen atoms in total. The van der Waals surface area contributed by atoms with Crippen LogP contribution in [0.4, 0.5) is 16.5 Å². The molecule has 0 unspecified atom stereocenters. The molecule has 1 heterocycles. The van der Waals surface area contributed by atoms with Gasteiger partial charge in [0.2, 0.25) is 11.0 Å².